The van der Waals surface area contributed by atoms with Gasteiger partial charge in [-0.25, -0.2) is 8.42 Å². The molecule has 6 nitrogen and oxygen atoms in total. The van der Waals surface area contributed by atoms with Crippen molar-refractivity contribution in [2.75, 3.05) is 17.1 Å². The lowest BCUT2D eigenvalue weighted by molar-refractivity contribution is -0.114. The molecule has 0 saturated carbocycles. The Morgan fingerprint density at radius 3 is 2.50 bits per heavy atom. The van der Waals surface area contributed by atoms with Gasteiger partial charge in [0, 0.05) is 18.0 Å². The first-order valence-corrected chi connectivity index (χ1v) is 8.84. The molecule has 0 bridgehead atoms. The van der Waals surface area contributed by atoms with Crippen molar-refractivity contribution in [2.45, 2.75) is 18.7 Å². The molecule has 2 rings (SSSR count). The molecule has 8 heteroatoms. The highest BCUT2D eigenvalue weighted by atomic mass is 35.5. The molecule has 2 aromatic carbocycles. The molecule has 128 valence electrons. The SMILES string of the molecule is COc1ccc(NC(C)=O)c(NS(=O)(=O)c2cccc(Cl)c2C)c1. The van der Waals surface area contributed by atoms with Gasteiger partial charge in [0.25, 0.3) is 10.0 Å². The van der Waals surface area contributed by atoms with E-state index < -0.39 is 10.0 Å². The lowest BCUT2D eigenvalue weighted by Gasteiger charge is -2.15. The largest absolute Gasteiger partial charge is 0.497 e. The van der Waals surface area contributed by atoms with Gasteiger partial charge >= 0.3 is 0 Å². The zero-order chi connectivity index (χ0) is 17.9. The molecular formula is C16H17ClN2O4S. The number of benzene rings is 2. The average Bonchev–Trinajstić information content (AvgIpc) is 2.50. The van der Waals surface area contributed by atoms with Crippen LogP contribution >= 0.6 is 11.6 Å². The van der Waals surface area contributed by atoms with Gasteiger partial charge in [-0.1, -0.05) is 17.7 Å². The number of hydrogen-bond acceptors (Lipinski definition) is 4. The number of nitrogens with one attached hydrogen (secondary N) is 2. The Morgan fingerprint density at radius 2 is 1.88 bits per heavy atom. The fraction of sp³-hybridized carbons (Fsp3) is 0.188. The van der Waals surface area contributed by atoms with Gasteiger partial charge in [0.2, 0.25) is 5.91 Å². The zero-order valence-electron chi connectivity index (χ0n) is 13.4. The molecule has 0 aliphatic heterocycles. The predicted molar refractivity (Wildman–Crippen MR) is 94.3 cm³/mol. The molecule has 0 aliphatic carbocycles. The maximum atomic E-state index is 12.7. The minimum absolute atomic E-state index is 0.0617. The molecule has 0 spiro atoms. The lowest BCUT2D eigenvalue weighted by Crippen LogP contribution is -2.17. The van der Waals surface area contributed by atoms with E-state index in [4.69, 9.17) is 16.3 Å². The number of rotatable bonds is 5. The first kappa shape index (κ1) is 18.1. The van der Waals surface area contributed by atoms with Crippen molar-refractivity contribution < 1.29 is 17.9 Å². The Bertz CT molecular complexity index is 882. The van der Waals surface area contributed by atoms with Crippen LogP contribution in [0.1, 0.15) is 12.5 Å². The van der Waals surface area contributed by atoms with E-state index in [9.17, 15) is 13.2 Å². The number of carbonyl (C=O) groups is 1. The standard InChI is InChI=1S/C16H17ClN2O4S/c1-10-13(17)5-4-6-16(10)24(21,22)19-15-9-12(23-3)7-8-14(15)18-11(2)20/h4-9,19H,1-3H3,(H,18,20). The Labute approximate surface area is 145 Å². The first-order chi connectivity index (χ1) is 11.2. The van der Waals surface area contributed by atoms with Gasteiger partial charge in [0.15, 0.2) is 0 Å². The van der Waals surface area contributed by atoms with E-state index in [2.05, 4.69) is 10.0 Å². The van der Waals surface area contributed by atoms with Crippen LogP contribution in [0.25, 0.3) is 0 Å². The third-order valence-electron chi connectivity index (χ3n) is 3.29. The van der Waals surface area contributed by atoms with Crippen LogP contribution in [0, 0.1) is 6.92 Å². The molecule has 24 heavy (non-hydrogen) atoms. The van der Waals surface area contributed by atoms with Gasteiger partial charge in [-0.2, -0.15) is 0 Å². The summed E-state index contributed by atoms with van der Waals surface area (Å²) in [5.74, 6) is 0.129. The van der Waals surface area contributed by atoms with Crippen LogP contribution < -0.4 is 14.8 Å². The number of hydrogen-bond donors (Lipinski definition) is 2. The molecule has 0 heterocycles. The molecular weight excluding hydrogens is 352 g/mol. The van der Waals surface area contributed by atoms with Gasteiger partial charge in [0.1, 0.15) is 5.75 Å². The van der Waals surface area contributed by atoms with Crippen LogP contribution in [-0.2, 0) is 14.8 Å². The van der Waals surface area contributed by atoms with E-state index in [1.54, 1.807) is 31.2 Å². The molecule has 0 saturated heterocycles. The molecule has 0 aromatic heterocycles. The molecule has 0 atom stereocenters. The van der Waals surface area contributed by atoms with E-state index in [1.165, 1.54) is 26.2 Å². The summed E-state index contributed by atoms with van der Waals surface area (Å²) in [7, 11) is -2.43. The maximum Gasteiger partial charge on any atom is 0.262 e. The summed E-state index contributed by atoms with van der Waals surface area (Å²) in [6.45, 7) is 2.96. The Balaban J connectivity index is 2.48. The first-order valence-electron chi connectivity index (χ1n) is 6.98. The summed E-state index contributed by atoms with van der Waals surface area (Å²) in [5.41, 5.74) is 0.964. The van der Waals surface area contributed by atoms with E-state index in [-0.39, 0.29) is 16.5 Å². The second-order valence-electron chi connectivity index (χ2n) is 5.06. The van der Waals surface area contributed by atoms with E-state index in [1.807, 2.05) is 0 Å². The van der Waals surface area contributed by atoms with Crippen LogP contribution in [0.5, 0.6) is 5.75 Å². The van der Waals surface area contributed by atoms with Gasteiger partial charge in [-0.05, 0) is 36.8 Å². The quantitative estimate of drug-likeness (QED) is 0.846. The third kappa shape index (κ3) is 3.98. The normalized spacial score (nSPS) is 11.0. The van der Waals surface area contributed by atoms with Gasteiger partial charge in [0.05, 0.1) is 23.4 Å². The van der Waals surface area contributed by atoms with Crippen LogP contribution in [0.3, 0.4) is 0 Å². The molecule has 1 amide bonds. The Hall–Kier alpha value is -2.25. The van der Waals surface area contributed by atoms with Crippen LogP contribution in [0.2, 0.25) is 5.02 Å². The van der Waals surface area contributed by atoms with E-state index >= 15 is 0 Å². The minimum Gasteiger partial charge on any atom is -0.497 e. The third-order valence-corrected chi connectivity index (χ3v) is 5.21. The maximum absolute atomic E-state index is 12.7. The summed E-state index contributed by atoms with van der Waals surface area (Å²) in [4.78, 5) is 11.4. The number of halogens is 1. The summed E-state index contributed by atoms with van der Waals surface area (Å²) < 4.78 is 33.0. The van der Waals surface area contributed by atoms with Gasteiger partial charge in [-0.15, -0.1) is 0 Å². The number of anilines is 2. The highest BCUT2D eigenvalue weighted by molar-refractivity contribution is 7.92. The van der Waals surface area contributed by atoms with Crippen molar-refractivity contribution in [3.8, 4) is 5.75 Å². The highest BCUT2D eigenvalue weighted by Crippen LogP contribution is 2.31. The second kappa shape index (κ2) is 7.11. The van der Waals surface area contributed by atoms with Crippen LogP contribution in [0.4, 0.5) is 11.4 Å². The van der Waals surface area contributed by atoms with Crippen LogP contribution in [0.15, 0.2) is 41.3 Å². The predicted octanol–water partition coefficient (Wildman–Crippen LogP) is 3.42. The van der Waals surface area contributed by atoms with Crippen molar-refractivity contribution in [3.05, 3.63) is 47.0 Å². The number of ether oxygens (including phenoxy) is 1. The summed E-state index contributed by atoms with van der Waals surface area (Å²) >= 11 is 6.00. The molecule has 0 fully saturated rings. The van der Waals surface area contributed by atoms with Gasteiger partial charge in [-0.3, -0.25) is 9.52 Å². The van der Waals surface area contributed by atoms with E-state index in [0.717, 1.165) is 0 Å². The van der Waals surface area contributed by atoms with Crippen LogP contribution in [-0.4, -0.2) is 21.4 Å². The summed E-state index contributed by atoms with van der Waals surface area (Å²) in [6.07, 6.45) is 0. The molecule has 0 unspecified atom stereocenters. The van der Waals surface area contributed by atoms with Crippen molar-refractivity contribution >= 4 is 38.9 Å². The number of carbonyl (C=O) groups excluding carboxylic acids is 1. The second-order valence-corrected chi connectivity index (χ2v) is 7.12. The van der Waals surface area contributed by atoms with E-state index in [0.29, 0.717) is 22.0 Å². The zero-order valence-corrected chi connectivity index (χ0v) is 15.0. The molecule has 2 aromatic rings. The van der Waals surface area contributed by atoms with Crippen molar-refractivity contribution in [1.29, 1.82) is 0 Å². The Kier molecular flexibility index (Phi) is 5.36. The summed E-state index contributed by atoms with van der Waals surface area (Å²) in [6, 6.07) is 9.30. The molecule has 0 radical (unpaired) electrons. The smallest absolute Gasteiger partial charge is 0.262 e. The van der Waals surface area contributed by atoms with Crippen molar-refractivity contribution in [1.82, 2.24) is 0 Å². The highest BCUT2D eigenvalue weighted by Gasteiger charge is 2.20. The fourth-order valence-corrected chi connectivity index (χ4v) is 3.68. The Morgan fingerprint density at radius 1 is 1.17 bits per heavy atom. The number of sulfonamides is 1. The number of amides is 1. The summed E-state index contributed by atoms with van der Waals surface area (Å²) in [5, 5.41) is 2.93. The minimum atomic E-state index is -3.89. The number of methoxy groups -OCH3 is 1. The lowest BCUT2D eigenvalue weighted by atomic mass is 10.2. The average molecular weight is 369 g/mol. The fourth-order valence-electron chi connectivity index (χ4n) is 2.11. The van der Waals surface area contributed by atoms with Gasteiger partial charge < -0.3 is 10.1 Å². The van der Waals surface area contributed by atoms with Crippen molar-refractivity contribution in [2.24, 2.45) is 0 Å². The molecule has 2 N–H and O–H groups in total. The monoisotopic (exact) mass is 368 g/mol. The molecule has 0 aliphatic rings. The topological polar surface area (TPSA) is 84.5 Å². The van der Waals surface area contributed by atoms with Crippen molar-refractivity contribution in [3.63, 3.8) is 0 Å².